The first-order valence-electron chi connectivity index (χ1n) is 13.6. The van der Waals surface area contributed by atoms with Crippen molar-refractivity contribution in [3.63, 3.8) is 0 Å². The summed E-state index contributed by atoms with van der Waals surface area (Å²) in [5.74, 6) is -0.191. The van der Waals surface area contributed by atoms with Gasteiger partial charge in [-0.15, -0.1) is 0 Å². The Kier molecular flexibility index (Phi) is 5.58. The summed E-state index contributed by atoms with van der Waals surface area (Å²) in [6.07, 6.45) is 9.30. The third-order valence-electron chi connectivity index (χ3n) is 9.17. The second-order valence-corrected chi connectivity index (χ2v) is 11.0. The first-order valence-corrected chi connectivity index (χ1v) is 13.6. The van der Waals surface area contributed by atoms with Crippen LogP contribution in [0.3, 0.4) is 0 Å². The zero-order chi connectivity index (χ0) is 27.0. The maximum atomic E-state index is 13.6. The molecule has 0 spiro atoms. The van der Waals surface area contributed by atoms with Crippen LogP contribution in [0, 0.1) is 38.5 Å². The summed E-state index contributed by atoms with van der Waals surface area (Å²) in [7, 11) is 0. The Morgan fingerprint density at radius 3 is 2.32 bits per heavy atom. The Balaban J connectivity index is 1.75. The summed E-state index contributed by atoms with van der Waals surface area (Å²) in [5.41, 5.74) is 13.2. The van der Waals surface area contributed by atoms with Gasteiger partial charge in [0.25, 0.3) is 0 Å². The number of aromatic amines is 3. The molecule has 0 saturated carbocycles. The number of aliphatic hydroxyl groups is 1. The van der Waals surface area contributed by atoms with Gasteiger partial charge in [-0.1, -0.05) is 33.4 Å². The quantitative estimate of drug-likeness (QED) is 0.367. The van der Waals surface area contributed by atoms with Crippen LogP contribution in [-0.4, -0.2) is 32.4 Å². The van der Waals surface area contributed by atoms with Gasteiger partial charge in [0.05, 0.1) is 18.2 Å². The molecule has 5 N–H and O–H groups in total. The van der Waals surface area contributed by atoms with Crippen molar-refractivity contribution < 1.29 is 9.90 Å². The highest BCUT2D eigenvalue weighted by Gasteiger charge is 2.43. The van der Waals surface area contributed by atoms with Crippen molar-refractivity contribution in [1.82, 2.24) is 20.3 Å². The molecule has 0 radical (unpaired) electrons. The lowest BCUT2D eigenvalue weighted by molar-refractivity contribution is 0.0917. The molecule has 3 aliphatic rings. The highest BCUT2D eigenvalue weighted by Crippen LogP contribution is 2.46. The molecule has 6 heteroatoms. The fourth-order valence-electron chi connectivity index (χ4n) is 6.65. The first kappa shape index (κ1) is 24.6. The monoisotopic (exact) mass is 508 g/mol. The summed E-state index contributed by atoms with van der Waals surface area (Å²) in [5, 5.41) is 16.1. The van der Waals surface area contributed by atoms with Gasteiger partial charge in [-0.3, -0.25) is 4.79 Å². The topological polar surface area (TPSA) is 96.7 Å². The molecule has 0 unspecified atom stereocenters. The van der Waals surface area contributed by atoms with Crippen LogP contribution in [0.4, 0.5) is 0 Å². The van der Waals surface area contributed by atoms with E-state index >= 15 is 0 Å². The number of nitrogens with one attached hydrogen (secondary N) is 4. The lowest BCUT2D eigenvalue weighted by atomic mass is 9.89. The number of rotatable bonds is 3. The minimum atomic E-state index is -0.564. The van der Waals surface area contributed by atoms with Crippen LogP contribution in [0.25, 0.3) is 29.9 Å². The Morgan fingerprint density at radius 1 is 0.921 bits per heavy atom. The zero-order valence-corrected chi connectivity index (χ0v) is 23.0. The molecule has 1 fully saturated rings. The van der Waals surface area contributed by atoms with Gasteiger partial charge < -0.3 is 25.4 Å². The van der Waals surface area contributed by atoms with Gasteiger partial charge in [-0.2, -0.15) is 0 Å². The summed E-state index contributed by atoms with van der Waals surface area (Å²) >= 11 is 0. The SMILES string of the molecule is C=Cc1c2[nH]c(c1C)/C=C1\N/C(=C3\c4[nH]c(c(C)c4C(=O)[C@@H]3CO)/C=c3\[nH]/c(c(C)c3CC)=C\2)[C@@H](C)[C@@H]1C. The molecule has 2 aliphatic heterocycles. The number of aromatic nitrogens is 3. The molecule has 5 heterocycles. The van der Waals surface area contributed by atoms with Gasteiger partial charge in [0.15, 0.2) is 5.78 Å². The highest BCUT2D eigenvalue weighted by molar-refractivity contribution is 6.15. The van der Waals surface area contributed by atoms with Gasteiger partial charge >= 0.3 is 0 Å². The molecule has 6 rings (SSSR count). The Hall–Kier alpha value is -3.77. The molecule has 38 heavy (non-hydrogen) atoms. The number of hydrogen-bond acceptors (Lipinski definition) is 3. The third kappa shape index (κ3) is 3.26. The van der Waals surface area contributed by atoms with Crippen LogP contribution in [0.2, 0.25) is 0 Å². The maximum Gasteiger partial charge on any atom is 0.175 e. The molecule has 3 atom stereocenters. The van der Waals surface area contributed by atoms with Gasteiger partial charge in [0.2, 0.25) is 0 Å². The number of hydrogen-bond donors (Lipinski definition) is 5. The van der Waals surface area contributed by atoms with Crippen LogP contribution in [-0.2, 0) is 6.42 Å². The number of carbonyl (C=O) groups is 1. The van der Waals surface area contributed by atoms with E-state index in [1.807, 2.05) is 13.0 Å². The number of H-pyrrole nitrogens is 3. The molecular weight excluding hydrogens is 472 g/mol. The molecule has 3 aromatic heterocycles. The predicted octanol–water partition coefficient (Wildman–Crippen LogP) is 4.20. The maximum absolute atomic E-state index is 13.6. The van der Waals surface area contributed by atoms with E-state index in [-0.39, 0.29) is 24.2 Å². The number of carbonyl (C=O) groups excluding carboxylic acids is 1. The largest absolute Gasteiger partial charge is 0.395 e. The molecule has 196 valence electrons. The van der Waals surface area contributed by atoms with Crippen molar-refractivity contribution in [1.29, 1.82) is 0 Å². The van der Waals surface area contributed by atoms with Gasteiger partial charge in [0, 0.05) is 67.7 Å². The normalized spacial score (nSPS) is 26.9. The summed E-state index contributed by atoms with van der Waals surface area (Å²) in [6.45, 7) is 16.8. The number of allylic oxidation sites excluding steroid dienone is 2. The first-order chi connectivity index (χ1) is 18.2. The van der Waals surface area contributed by atoms with E-state index in [9.17, 15) is 9.90 Å². The summed E-state index contributed by atoms with van der Waals surface area (Å²) in [4.78, 5) is 24.5. The third-order valence-corrected chi connectivity index (χ3v) is 9.17. The minimum Gasteiger partial charge on any atom is -0.395 e. The second-order valence-electron chi connectivity index (χ2n) is 11.0. The van der Waals surface area contributed by atoms with Crippen LogP contribution >= 0.6 is 0 Å². The van der Waals surface area contributed by atoms with Crippen molar-refractivity contribution in [2.45, 2.75) is 48.0 Å². The van der Waals surface area contributed by atoms with E-state index in [4.69, 9.17) is 0 Å². The van der Waals surface area contributed by atoms with Gasteiger partial charge in [-0.25, -0.2) is 0 Å². The smallest absolute Gasteiger partial charge is 0.175 e. The summed E-state index contributed by atoms with van der Waals surface area (Å²) in [6, 6.07) is 0. The van der Waals surface area contributed by atoms with Gasteiger partial charge in [0.1, 0.15) is 0 Å². The number of fused-ring (bicyclic) bond motifs is 7. The molecule has 3 aromatic rings. The molecule has 0 aromatic carbocycles. The predicted molar refractivity (Wildman–Crippen MR) is 154 cm³/mol. The number of Topliss-reactive ketones (excluding diaryl/α,β-unsaturated/α-hetero) is 1. The lowest BCUT2D eigenvalue weighted by Crippen LogP contribution is -2.19. The van der Waals surface area contributed by atoms with Crippen molar-refractivity contribution in [2.75, 3.05) is 6.61 Å². The van der Waals surface area contributed by atoms with E-state index in [1.54, 1.807) is 0 Å². The van der Waals surface area contributed by atoms with Crippen molar-refractivity contribution in [2.24, 2.45) is 17.8 Å². The van der Waals surface area contributed by atoms with Crippen molar-refractivity contribution in [3.8, 4) is 0 Å². The van der Waals surface area contributed by atoms with Crippen LogP contribution in [0.5, 0.6) is 0 Å². The Bertz CT molecular complexity index is 1720. The standard InChI is InChI=1S/C32H36N4O2/c1-8-19-16(5)23-10-22-14(3)15(4)30(35-22)29-21(13-37)32(38)28-18(7)25(36-31(28)29)12-27-20(9-2)17(6)24(34-27)11-26(19)33-23/h8,10-12,14-15,21,33-37H,1,9,13H2,2-7H3/b22-10-,24-11-,27-12-,30-29-/t14-,15-,21+/m0/s1. The van der Waals surface area contributed by atoms with E-state index in [0.717, 1.165) is 73.6 Å². The Labute approximate surface area is 223 Å². The minimum absolute atomic E-state index is 0.00789. The van der Waals surface area contributed by atoms with E-state index in [1.165, 1.54) is 11.1 Å². The fraction of sp³-hybridized carbons (Fsp3) is 0.344. The fourth-order valence-corrected chi connectivity index (χ4v) is 6.65. The molecular formula is C32H36N4O2. The van der Waals surface area contributed by atoms with Crippen LogP contribution in [0.1, 0.15) is 81.7 Å². The molecule has 1 saturated heterocycles. The average molecular weight is 509 g/mol. The lowest BCUT2D eigenvalue weighted by Gasteiger charge is -2.16. The van der Waals surface area contributed by atoms with Crippen molar-refractivity contribution in [3.05, 3.63) is 84.8 Å². The number of ketones is 1. The molecule has 0 amide bonds. The van der Waals surface area contributed by atoms with E-state index in [0.29, 0.717) is 5.56 Å². The molecule has 6 nitrogen and oxygen atoms in total. The van der Waals surface area contributed by atoms with E-state index < -0.39 is 5.92 Å². The average Bonchev–Trinajstić information content (AvgIpc) is 3.62. The zero-order valence-electron chi connectivity index (χ0n) is 23.0. The second kappa shape index (κ2) is 8.63. The van der Waals surface area contributed by atoms with E-state index in [2.05, 4.69) is 79.7 Å². The highest BCUT2D eigenvalue weighted by atomic mass is 16.3. The van der Waals surface area contributed by atoms with Gasteiger partial charge in [-0.05, 0) is 67.7 Å². The molecule has 8 bridgehead atoms. The molecule has 1 aliphatic carbocycles. The summed E-state index contributed by atoms with van der Waals surface area (Å²) < 4.78 is 0. The Morgan fingerprint density at radius 2 is 1.63 bits per heavy atom. The van der Waals surface area contributed by atoms with Crippen molar-refractivity contribution >= 4 is 35.7 Å². The number of aliphatic hydroxyl groups excluding tert-OH is 1. The van der Waals surface area contributed by atoms with Crippen LogP contribution in [0.15, 0.2) is 18.0 Å². The van der Waals surface area contributed by atoms with Crippen LogP contribution < -0.4 is 16.0 Å².